The topological polar surface area (TPSA) is 46.5 Å². The number of allylic oxidation sites excluding steroid dienone is 4. The number of hydrogen-bond acceptors (Lipinski definition) is 3. The second-order valence-electron chi connectivity index (χ2n) is 10.2. The normalized spacial score (nSPS) is 43.5. The Kier molecular flexibility index (Phi) is 5.10. The van der Waals surface area contributed by atoms with Gasteiger partial charge in [0.25, 0.3) is 0 Å². The molecule has 0 aromatic rings. The van der Waals surface area contributed by atoms with Gasteiger partial charge in [-0.2, -0.15) is 0 Å². The van der Waals surface area contributed by atoms with Gasteiger partial charge >= 0.3 is 5.97 Å². The van der Waals surface area contributed by atoms with Gasteiger partial charge in [-0.3, -0.25) is 0 Å². The summed E-state index contributed by atoms with van der Waals surface area (Å²) in [5.41, 5.74) is 3.60. The minimum atomic E-state index is -0.270. The van der Waals surface area contributed by atoms with Gasteiger partial charge < -0.3 is 9.84 Å². The highest BCUT2D eigenvalue weighted by atomic mass is 16.5. The zero-order chi connectivity index (χ0) is 20.1. The highest BCUT2D eigenvalue weighted by Gasteiger charge is 2.56. The fraction of sp³-hybridized carbons (Fsp3) is 0.720. The largest absolute Gasteiger partial charge is 0.466 e. The van der Waals surface area contributed by atoms with Crippen LogP contribution in [-0.4, -0.2) is 24.3 Å². The monoisotopic (exact) mass is 384 g/mol. The molecule has 154 valence electrons. The summed E-state index contributed by atoms with van der Waals surface area (Å²) in [6.45, 7) is 7.17. The summed E-state index contributed by atoms with van der Waals surface area (Å²) in [4.78, 5) is 11.5. The third-order valence-electron chi connectivity index (χ3n) is 8.93. The highest BCUT2D eigenvalue weighted by Crippen LogP contribution is 2.65. The van der Waals surface area contributed by atoms with Crippen LogP contribution in [0.15, 0.2) is 35.5 Å². The lowest BCUT2D eigenvalue weighted by Gasteiger charge is -2.58. The number of esters is 1. The van der Waals surface area contributed by atoms with Crippen LogP contribution in [0.4, 0.5) is 0 Å². The number of rotatable bonds is 3. The minimum absolute atomic E-state index is 0.132. The predicted molar refractivity (Wildman–Crippen MR) is 111 cm³/mol. The lowest BCUT2D eigenvalue weighted by Crippen LogP contribution is -2.50. The molecule has 0 aliphatic heterocycles. The van der Waals surface area contributed by atoms with E-state index in [0.29, 0.717) is 11.3 Å². The van der Waals surface area contributed by atoms with Gasteiger partial charge in [0, 0.05) is 6.08 Å². The van der Waals surface area contributed by atoms with Crippen LogP contribution in [0.2, 0.25) is 0 Å². The average molecular weight is 385 g/mol. The first-order valence-corrected chi connectivity index (χ1v) is 11.1. The van der Waals surface area contributed by atoms with Crippen molar-refractivity contribution in [1.82, 2.24) is 0 Å². The lowest BCUT2D eigenvalue weighted by molar-refractivity contribution is -0.134. The molecule has 0 bridgehead atoms. The maximum absolute atomic E-state index is 11.5. The Hall–Kier alpha value is -1.35. The van der Waals surface area contributed by atoms with Gasteiger partial charge in [0.2, 0.25) is 0 Å². The van der Waals surface area contributed by atoms with E-state index in [0.717, 1.165) is 31.1 Å². The molecule has 0 aromatic carbocycles. The first kappa shape index (κ1) is 19.9. The summed E-state index contributed by atoms with van der Waals surface area (Å²) in [7, 11) is 1.43. The molecule has 4 aliphatic rings. The van der Waals surface area contributed by atoms with Crippen molar-refractivity contribution in [3.05, 3.63) is 35.5 Å². The molecule has 3 heteroatoms. The van der Waals surface area contributed by atoms with Gasteiger partial charge in [-0.05, 0) is 79.4 Å². The average Bonchev–Trinajstić information content (AvgIpc) is 3.03. The van der Waals surface area contributed by atoms with Crippen molar-refractivity contribution in [3.63, 3.8) is 0 Å². The summed E-state index contributed by atoms with van der Waals surface area (Å²) >= 11 is 0. The van der Waals surface area contributed by atoms with E-state index in [1.807, 2.05) is 6.08 Å². The molecule has 0 heterocycles. The molecule has 2 fully saturated rings. The summed E-state index contributed by atoms with van der Waals surface area (Å²) in [6, 6.07) is 0. The van der Waals surface area contributed by atoms with Crippen molar-refractivity contribution in [3.8, 4) is 0 Å². The molecule has 1 N–H and O–H groups in total. The van der Waals surface area contributed by atoms with E-state index in [1.54, 1.807) is 6.08 Å². The number of aliphatic hydroxyl groups excluding tert-OH is 1. The highest BCUT2D eigenvalue weighted by molar-refractivity contribution is 5.81. The van der Waals surface area contributed by atoms with Gasteiger partial charge in [-0.1, -0.05) is 50.1 Å². The Morgan fingerprint density at radius 2 is 1.93 bits per heavy atom. The van der Waals surface area contributed by atoms with Crippen LogP contribution in [0.5, 0.6) is 0 Å². The number of fused-ring (bicyclic) bond motifs is 5. The standard InChI is InChI=1S/C25H36O3/c1-16(5-10-23(27)28-4)20-8-9-21-19-7-6-17-15-18(26)11-13-24(17,2)22(19)12-14-25(20,21)3/h5-6,8,10,16,18-19,21-22,26H,7,9,11-15H2,1-4H3/t16-,18+,19+,21+,22+,24+,25-/m1/s1. The molecule has 28 heavy (non-hydrogen) atoms. The van der Waals surface area contributed by atoms with Crippen LogP contribution in [0.1, 0.15) is 65.7 Å². The molecular formula is C25H36O3. The van der Waals surface area contributed by atoms with Gasteiger partial charge in [0.15, 0.2) is 0 Å². The van der Waals surface area contributed by atoms with Gasteiger partial charge in [0.05, 0.1) is 13.2 Å². The molecular weight excluding hydrogens is 348 g/mol. The summed E-state index contributed by atoms with van der Waals surface area (Å²) < 4.78 is 4.77. The summed E-state index contributed by atoms with van der Waals surface area (Å²) in [6.07, 6.45) is 16.3. The van der Waals surface area contributed by atoms with Crippen LogP contribution in [0, 0.1) is 34.5 Å². The van der Waals surface area contributed by atoms with Crippen molar-refractivity contribution in [2.24, 2.45) is 34.5 Å². The van der Waals surface area contributed by atoms with Crippen molar-refractivity contribution in [2.45, 2.75) is 71.8 Å². The molecule has 0 spiro atoms. The number of ether oxygens (including phenoxy) is 1. The van der Waals surface area contributed by atoms with Crippen LogP contribution in [-0.2, 0) is 9.53 Å². The van der Waals surface area contributed by atoms with Crippen LogP contribution >= 0.6 is 0 Å². The molecule has 7 atom stereocenters. The molecule has 3 nitrogen and oxygen atoms in total. The smallest absolute Gasteiger partial charge is 0.330 e. The van der Waals surface area contributed by atoms with Gasteiger partial charge in [0.1, 0.15) is 0 Å². The Labute approximate surface area is 169 Å². The molecule has 0 unspecified atom stereocenters. The van der Waals surface area contributed by atoms with Crippen molar-refractivity contribution < 1.29 is 14.6 Å². The first-order valence-electron chi connectivity index (χ1n) is 11.1. The van der Waals surface area contributed by atoms with Crippen molar-refractivity contribution >= 4 is 5.97 Å². The van der Waals surface area contributed by atoms with Crippen LogP contribution in [0.25, 0.3) is 0 Å². The molecule has 4 aliphatic carbocycles. The van der Waals surface area contributed by atoms with Gasteiger partial charge in [-0.25, -0.2) is 4.79 Å². The maximum atomic E-state index is 11.5. The van der Waals surface area contributed by atoms with E-state index in [2.05, 4.69) is 32.9 Å². The molecule has 2 saturated carbocycles. The van der Waals surface area contributed by atoms with E-state index in [9.17, 15) is 9.90 Å². The first-order chi connectivity index (χ1) is 13.3. The molecule has 0 aromatic heterocycles. The Morgan fingerprint density at radius 1 is 1.18 bits per heavy atom. The molecule has 0 saturated heterocycles. The Bertz CT molecular complexity index is 732. The predicted octanol–water partition coefficient (Wildman–Crippen LogP) is 5.21. The fourth-order valence-electron chi connectivity index (χ4n) is 7.34. The zero-order valence-electron chi connectivity index (χ0n) is 17.9. The second-order valence-corrected chi connectivity index (χ2v) is 10.2. The van der Waals surface area contributed by atoms with E-state index in [4.69, 9.17) is 4.74 Å². The number of aliphatic hydroxyl groups is 1. The maximum Gasteiger partial charge on any atom is 0.330 e. The van der Waals surface area contributed by atoms with Crippen molar-refractivity contribution in [2.75, 3.05) is 7.11 Å². The van der Waals surface area contributed by atoms with Crippen LogP contribution in [0.3, 0.4) is 0 Å². The number of methoxy groups -OCH3 is 1. The second kappa shape index (κ2) is 7.16. The molecule has 0 radical (unpaired) electrons. The minimum Gasteiger partial charge on any atom is -0.466 e. The Morgan fingerprint density at radius 3 is 2.68 bits per heavy atom. The third kappa shape index (κ3) is 3.01. The molecule has 0 amide bonds. The number of carbonyl (C=O) groups is 1. The third-order valence-corrected chi connectivity index (χ3v) is 8.93. The van der Waals surface area contributed by atoms with Crippen LogP contribution < -0.4 is 0 Å². The fourth-order valence-corrected chi connectivity index (χ4v) is 7.34. The summed E-state index contributed by atoms with van der Waals surface area (Å²) in [5, 5.41) is 10.2. The van der Waals surface area contributed by atoms with E-state index >= 15 is 0 Å². The Balaban J connectivity index is 1.56. The molecule has 4 rings (SSSR count). The summed E-state index contributed by atoms with van der Waals surface area (Å²) in [5.74, 6) is 2.21. The number of carbonyl (C=O) groups excluding carboxylic acids is 1. The van der Waals surface area contributed by atoms with E-state index in [-0.39, 0.29) is 23.4 Å². The van der Waals surface area contributed by atoms with Gasteiger partial charge in [-0.15, -0.1) is 0 Å². The number of hydrogen-bond donors (Lipinski definition) is 1. The zero-order valence-corrected chi connectivity index (χ0v) is 17.9. The lowest BCUT2D eigenvalue weighted by atomic mass is 9.47. The quantitative estimate of drug-likeness (QED) is 0.413. The van der Waals surface area contributed by atoms with E-state index < -0.39 is 0 Å². The van der Waals surface area contributed by atoms with Crippen molar-refractivity contribution in [1.29, 1.82) is 0 Å². The van der Waals surface area contributed by atoms with E-state index in [1.165, 1.54) is 43.9 Å². The SMILES string of the molecule is COC(=O)C=C[C@@H](C)C1=CC[C@H]2[C@@H]3CC=C4C[C@@H](O)CC[C@]4(C)[C@H]3CC[C@]12C.